The van der Waals surface area contributed by atoms with Crippen LogP contribution < -0.4 is 10.1 Å². The lowest BCUT2D eigenvalue weighted by Crippen LogP contribution is -2.53. The molecule has 0 saturated carbocycles. The van der Waals surface area contributed by atoms with Crippen LogP contribution in [-0.4, -0.2) is 67.6 Å². The number of allylic oxidation sites excluding steroid dienone is 2. The number of methoxy groups -OCH3 is 1. The Labute approximate surface area is 193 Å². The van der Waals surface area contributed by atoms with Crippen LogP contribution in [0.25, 0.3) is 0 Å². The lowest BCUT2D eigenvalue weighted by atomic mass is 9.85. The van der Waals surface area contributed by atoms with Gasteiger partial charge in [-0.2, -0.15) is 4.31 Å². The average molecular weight is 476 g/mol. The van der Waals surface area contributed by atoms with Crippen LogP contribution in [0.5, 0.6) is 5.75 Å². The molecule has 3 amide bonds. The molecule has 10 heteroatoms. The van der Waals surface area contributed by atoms with Crippen molar-refractivity contribution >= 4 is 27.7 Å². The first-order valence-electron chi connectivity index (χ1n) is 11.2. The van der Waals surface area contributed by atoms with Gasteiger partial charge in [0, 0.05) is 19.1 Å². The van der Waals surface area contributed by atoms with Crippen molar-refractivity contribution in [2.75, 3.05) is 20.2 Å². The van der Waals surface area contributed by atoms with Crippen molar-refractivity contribution in [3.63, 3.8) is 0 Å². The Hall–Kier alpha value is -2.72. The van der Waals surface area contributed by atoms with Gasteiger partial charge in [-0.1, -0.05) is 12.2 Å². The van der Waals surface area contributed by atoms with Gasteiger partial charge < -0.3 is 10.1 Å². The summed E-state index contributed by atoms with van der Waals surface area (Å²) in [6.07, 6.45) is 5.78. The number of imide groups is 1. The standard InChI is InChI=1S/C23H29N3O6S/c1-15(26-22(28)19-5-3-4-6-20(19)23(26)29)21(27)24-16-11-13-25(14-12-16)33(30,31)18-9-7-17(32-2)8-10-18/h3-4,7-10,15-16,19-20H,5-6,11-14H2,1-2H3,(H,24,27). The quantitative estimate of drug-likeness (QED) is 0.490. The predicted octanol–water partition coefficient (Wildman–Crippen LogP) is 1.30. The maximum atomic E-state index is 12.9. The third-order valence-corrected chi connectivity index (χ3v) is 8.72. The summed E-state index contributed by atoms with van der Waals surface area (Å²) in [6, 6.07) is 5.13. The summed E-state index contributed by atoms with van der Waals surface area (Å²) in [5, 5.41) is 2.91. The fraction of sp³-hybridized carbons (Fsp3) is 0.522. The number of carbonyl (C=O) groups excluding carboxylic acids is 3. The fourth-order valence-corrected chi connectivity index (χ4v) is 6.25. The zero-order valence-electron chi connectivity index (χ0n) is 18.8. The molecule has 2 aliphatic heterocycles. The Bertz CT molecular complexity index is 1030. The molecule has 2 fully saturated rings. The number of piperidine rings is 1. The van der Waals surface area contributed by atoms with Crippen molar-refractivity contribution < 1.29 is 27.5 Å². The van der Waals surface area contributed by atoms with Crippen LogP contribution in [0, 0.1) is 11.8 Å². The van der Waals surface area contributed by atoms with Gasteiger partial charge in [-0.15, -0.1) is 0 Å². The molecule has 1 aromatic carbocycles. The summed E-state index contributed by atoms with van der Waals surface area (Å²) in [5.74, 6) is -1.11. The second-order valence-electron chi connectivity index (χ2n) is 8.74. The highest BCUT2D eigenvalue weighted by molar-refractivity contribution is 7.89. The van der Waals surface area contributed by atoms with E-state index in [0.29, 0.717) is 31.4 Å². The first-order valence-corrected chi connectivity index (χ1v) is 12.6. The largest absolute Gasteiger partial charge is 0.497 e. The maximum Gasteiger partial charge on any atom is 0.243 e. The van der Waals surface area contributed by atoms with Gasteiger partial charge >= 0.3 is 0 Å². The Balaban J connectivity index is 1.33. The van der Waals surface area contributed by atoms with Gasteiger partial charge in [0.2, 0.25) is 27.7 Å². The van der Waals surface area contributed by atoms with Crippen molar-refractivity contribution in [3.8, 4) is 5.75 Å². The lowest BCUT2D eigenvalue weighted by Gasteiger charge is -2.33. The molecule has 9 nitrogen and oxygen atoms in total. The summed E-state index contributed by atoms with van der Waals surface area (Å²) in [4.78, 5) is 39.6. The van der Waals surface area contributed by atoms with Gasteiger partial charge in [0.1, 0.15) is 11.8 Å². The second-order valence-corrected chi connectivity index (χ2v) is 10.7. The van der Waals surface area contributed by atoms with E-state index in [4.69, 9.17) is 4.74 Å². The first-order chi connectivity index (χ1) is 15.7. The van der Waals surface area contributed by atoms with Crippen LogP contribution in [-0.2, 0) is 24.4 Å². The molecule has 0 spiro atoms. The molecule has 1 aromatic rings. The van der Waals surface area contributed by atoms with E-state index in [-0.39, 0.29) is 53.6 Å². The van der Waals surface area contributed by atoms with Gasteiger partial charge in [-0.25, -0.2) is 8.42 Å². The minimum absolute atomic E-state index is 0.196. The lowest BCUT2D eigenvalue weighted by molar-refractivity contribution is -0.147. The molecule has 1 N–H and O–H groups in total. The summed E-state index contributed by atoms with van der Waals surface area (Å²) in [7, 11) is -2.12. The van der Waals surface area contributed by atoms with E-state index in [0.717, 1.165) is 4.90 Å². The number of ether oxygens (including phenoxy) is 1. The predicted molar refractivity (Wildman–Crippen MR) is 120 cm³/mol. The number of carbonyl (C=O) groups is 3. The van der Waals surface area contributed by atoms with Crippen molar-refractivity contribution in [2.24, 2.45) is 11.8 Å². The Morgan fingerprint density at radius 3 is 2.09 bits per heavy atom. The topological polar surface area (TPSA) is 113 Å². The molecule has 2 heterocycles. The molecule has 33 heavy (non-hydrogen) atoms. The first kappa shape index (κ1) is 23.4. The highest BCUT2D eigenvalue weighted by Gasteiger charge is 2.50. The van der Waals surface area contributed by atoms with Crippen molar-refractivity contribution in [2.45, 2.75) is 49.6 Å². The number of sulfonamides is 1. The number of likely N-dealkylation sites (tertiary alicyclic amines) is 1. The van der Waals surface area contributed by atoms with Crippen LogP contribution in [0.2, 0.25) is 0 Å². The molecule has 4 rings (SSSR count). The number of hydrogen-bond acceptors (Lipinski definition) is 6. The summed E-state index contributed by atoms with van der Waals surface area (Å²) >= 11 is 0. The SMILES string of the molecule is COc1ccc(S(=O)(=O)N2CCC(NC(=O)C(C)N3C(=O)C4CC=CCC4C3=O)CC2)cc1. The van der Waals surface area contributed by atoms with Crippen LogP contribution in [0.4, 0.5) is 0 Å². The number of amides is 3. The summed E-state index contributed by atoms with van der Waals surface area (Å²) < 4.78 is 32.3. The summed E-state index contributed by atoms with van der Waals surface area (Å²) in [5.41, 5.74) is 0. The minimum Gasteiger partial charge on any atom is -0.497 e. The van der Waals surface area contributed by atoms with Crippen LogP contribution >= 0.6 is 0 Å². The Morgan fingerprint density at radius 2 is 1.58 bits per heavy atom. The molecule has 0 aromatic heterocycles. The molecule has 3 atom stereocenters. The molecular formula is C23H29N3O6S. The molecule has 178 valence electrons. The van der Waals surface area contributed by atoms with E-state index in [2.05, 4.69) is 5.32 Å². The van der Waals surface area contributed by atoms with Crippen molar-refractivity contribution in [1.29, 1.82) is 0 Å². The van der Waals surface area contributed by atoms with Crippen LogP contribution in [0.1, 0.15) is 32.6 Å². The van der Waals surface area contributed by atoms with Crippen LogP contribution in [0.15, 0.2) is 41.3 Å². The van der Waals surface area contributed by atoms with Gasteiger partial charge in [-0.05, 0) is 56.9 Å². The minimum atomic E-state index is -3.63. The van der Waals surface area contributed by atoms with E-state index in [1.165, 1.54) is 23.5 Å². The second kappa shape index (κ2) is 9.26. The molecule has 1 aliphatic carbocycles. The number of nitrogens with zero attached hydrogens (tertiary/aromatic N) is 2. The Morgan fingerprint density at radius 1 is 1.03 bits per heavy atom. The van der Waals surface area contributed by atoms with E-state index in [1.54, 1.807) is 19.1 Å². The van der Waals surface area contributed by atoms with E-state index < -0.39 is 16.1 Å². The van der Waals surface area contributed by atoms with Crippen LogP contribution in [0.3, 0.4) is 0 Å². The van der Waals surface area contributed by atoms with E-state index in [9.17, 15) is 22.8 Å². The Kier molecular flexibility index (Phi) is 6.58. The normalized spacial score (nSPS) is 25.1. The van der Waals surface area contributed by atoms with Gasteiger partial charge in [0.05, 0.1) is 23.8 Å². The van der Waals surface area contributed by atoms with E-state index in [1.807, 2.05) is 12.2 Å². The monoisotopic (exact) mass is 475 g/mol. The summed E-state index contributed by atoms with van der Waals surface area (Å²) in [6.45, 7) is 2.11. The van der Waals surface area contributed by atoms with Crippen molar-refractivity contribution in [1.82, 2.24) is 14.5 Å². The maximum absolute atomic E-state index is 12.9. The van der Waals surface area contributed by atoms with E-state index >= 15 is 0 Å². The highest BCUT2D eigenvalue weighted by atomic mass is 32.2. The fourth-order valence-electron chi connectivity index (χ4n) is 4.78. The number of rotatable bonds is 6. The molecule has 0 bridgehead atoms. The average Bonchev–Trinajstić information content (AvgIpc) is 3.09. The number of hydrogen-bond donors (Lipinski definition) is 1. The number of fused-ring (bicyclic) bond motifs is 1. The third kappa shape index (κ3) is 4.41. The molecule has 3 unspecified atom stereocenters. The number of nitrogens with one attached hydrogen (secondary N) is 1. The van der Waals surface area contributed by atoms with Gasteiger partial charge in [-0.3, -0.25) is 19.3 Å². The van der Waals surface area contributed by atoms with Crippen molar-refractivity contribution in [3.05, 3.63) is 36.4 Å². The zero-order valence-corrected chi connectivity index (χ0v) is 19.6. The molecule has 2 saturated heterocycles. The highest BCUT2D eigenvalue weighted by Crippen LogP contribution is 2.36. The van der Waals surface area contributed by atoms with Gasteiger partial charge in [0.15, 0.2) is 0 Å². The third-order valence-electron chi connectivity index (χ3n) is 6.81. The molecule has 3 aliphatic rings. The van der Waals surface area contributed by atoms with Gasteiger partial charge in [0.25, 0.3) is 0 Å². The molecular weight excluding hydrogens is 446 g/mol. The zero-order chi connectivity index (χ0) is 23.8. The smallest absolute Gasteiger partial charge is 0.243 e. The number of benzene rings is 1. The molecule has 0 radical (unpaired) electrons.